The van der Waals surface area contributed by atoms with Crippen LogP contribution in [0, 0.1) is 15.9 Å². The van der Waals surface area contributed by atoms with Crippen LogP contribution in [0.3, 0.4) is 0 Å². The van der Waals surface area contributed by atoms with E-state index in [0.29, 0.717) is 16.5 Å². The number of amides is 1. The molecule has 0 bridgehead atoms. The molecule has 4 rings (SSSR count). The van der Waals surface area contributed by atoms with Crippen molar-refractivity contribution in [2.24, 2.45) is 0 Å². The largest absolute Gasteiger partial charge is 0.324 e. The minimum atomic E-state index is -0.650. The van der Waals surface area contributed by atoms with Crippen LogP contribution in [-0.4, -0.2) is 30.8 Å². The number of para-hydroxylation sites is 1. The van der Waals surface area contributed by atoms with Crippen LogP contribution in [0.4, 0.5) is 15.8 Å². The first kappa shape index (κ1) is 23.4. The number of nitro groups is 1. The molecular weight excluding hydrogens is 481 g/mol. The summed E-state index contributed by atoms with van der Waals surface area (Å²) < 4.78 is 15.2. The Kier molecular flexibility index (Phi) is 6.90. The molecule has 0 aliphatic carbocycles. The lowest BCUT2D eigenvalue weighted by Gasteiger charge is -2.14. The van der Waals surface area contributed by atoms with Crippen LogP contribution in [0.2, 0.25) is 5.02 Å². The molecule has 0 saturated carbocycles. The van der Waals surface area contributed by atoms with Gasteiger partial charge in [0, 0.05) is 23.4 Å². The third kappa shape index (κ3) is 5.08. The lowest BCUT2D eigenvalue weighted by Crippen LogP contribution is -2.23. The number of non-ortho nitro benzene ring substituents is 1. The number of hydrogen-bond donors (Lipinski definition) is 1. The maximum Gasteiger partial charge on any atom is 0.271 e. The number of anilines is 1. The Balaban J connectivity index is 1.62. The number of nitrogens with zero attached hydrogens (tertiary/aromatic N) is 4. The molecule has 1 N–H and O–H groups in total. The van der Waals surface area contributed by atoms with Gasteiger partial charge in [0.15, 0.2) is 11.0 Å². The van der Waals surface area contributed by atoms with Gasteiger partial charge in [-0.2, -0.15) is 0 Å². The summed E-state index contributed by atoms with van der Waals surface area (Å²) >= 11 is 7.25. The fourth-order valence-corrected chi connectivity index (χ4v) is 4.14. The molecular formula is C23H17ClFN5O3S. The zero-order valence-electron chi connectivity index (χ0n) is 17.7. The van der Waals surface area contributed by atoms with E-state index < -0.39 is 16.1 Å². The molecule has 0 radical (unpaired) electrons. The predicted molar refractivity (Wildman–Crippen MR) is 129 cm³/mol. The number of carbonyl (C=O) groups excluding carboxylic acids is 1. The molecule has 1 unspecified atom stereocenters. The van der Waals surface area contributed by atoms with Crippen LogP contribution in [0.5, 0.6) is 0 Å². The van der Waals surface area contributed by atoms with Crippen molar-refractivity contribution >= 4 is 40.6 Å². The highest BCUT2D eigenvalue weighted by atomic mass is 35.5. The number of carbonyl (C=O) groups is 1. The minimum absolute atomic E-state index is 0.143. The highest BCUT2D eigenvalue weighted by Gasteiger charge is 2.23. The predicted octanol–water partition coefficient (Wildman–Crippen LogP) is 5.75. The molecule has 0 spiro atoms. The molecule has 172 valence electrons. The molecule has 1 atom stereocenters. The van der Waals surface area contributed by atoms with Gasteiger partial charge in [0.25, 0.3) is 5.69 Å². The molecule has 34 heavy (non-hydrogen) atoms. The molecule has 11 heteroatoms. The van der Waals surface area contributed by atoms with Crippen LogP contribution in [0.25, 0.3) is 17.1 Å². The summed E-state index contributed by atoms with van der Waals surface area (Å²) in [6.45, 7) is 1.67. The molecule has 3 aromatic carbocycles. The van der Waals surface area contributed by atoms with Crippen molar-refractivity contribution in [2.45, 2.75) is 17.3 Å². The van der Waals surface area contributed by atoms with E-state index in [2.05, 4.69) is 15.5 Å². The Morgan fingerprint density at radius 2 is 1.82 bits per heavy atom. The van der Waals surface area contributed by atoms with E-state index in [4.69, 9.17) is 11.6 Å². The van der Waals surface area contributed by atoms with Crippen LogP contribution in [0.15, 0.2) is 78.0 Å². The second-order valence-corrected chi connectivity index (χ2v) is 8.87. The standard InChI is InChI=1S/C23H17ClFN5O3S/c1-14(22(31)26-20-13-18(30(32)33)11-12-19(20)24)34-23-28-27-21(15-7-9-16(25)10-8-15)29(23)17-5-3-2-4-6-17/h2-14H,1H3,(H,26,31). The van der Waals surface area contributed by atoms with Crippen LogP contribution in [-0.2, 0) is 4.79 Å². The third-order valence-electron chi connectivity index (χ3n) is 4.82. The summed E-state index contributed by atoms with van der Waals surface area (Å²) in [6.07, 6.45) is 0. The van der Waals surface area contributed by atoms with E-state index in [1.165, 1.54) is 30.3 Å². The van der Waals surface area contributed by atoms with Gasteiger partial charge in [-0.1, -0.05) is 41.6 Å². The first-order valence-electron chi connectivity index (χ1n) is 10.0. The molecule has 0 saturated heterocycles. The summed E-state index contributed by atoms with van der Waals surface area (Å²) in [6, 6.07) is 19.0. The fraction of sp³-hybridized carbons (Fsp3) is 0.0870. The van der Waals surface area contributed by atoms with Gasteiger partial charge in [-0.15, -0.1) is 10.2 Å². The maximum atomic E-state index is 13.4. The van der Waals surface area contributed by atoms with E-state index in [1.54, 1.807) is 23.6 Å². The summed E-state index contributed by atoms with van der Waals surface area (Å²) in [7, 11) is 0. The van der Waals surface area contributed by atoms with Crippen LogP contribution >= 0.6 is 23.4 Å². The number of nitrogens with one attached hydrogen (secondary N) is 1. The Bertz CT molecular complexity index is 1350. The minimum Gasteiger partial charge on any atom is -0.324 e. The Morgan fingerprint density at radius 1 is 1.12 bits per heavy atom. The van der Waals surface area contributed by atoms with Gasteiger partial charge in [0.05, 0.1) is 20.9 Å². The van der Waals surface area contributed by atoms with E-state index in [-0.39, 0.29) is 22.2 Å². The van der Waals surface area contributed by atoms with E-state index in [0.717, 1.165) is 17.4 Å². The number of rotatable bonds is 7. The van der Waals surface area contributed by atoms with Crippen molar-refractivity contribution in [3.63, 3.8) is 0 Å². The van der Waals surface area contributed by atoms with Crippen molar-refractivity contribution in [2.75, 3.05) is 5.32 Å². The molecule has 8 nitrogen and oxygen atoms in total. The number of nitro benzene ring substituents is 1. The van der Waals surface area contributed by atoms with Gasteiger partial charge in [0.2, 0.25) is 5.91 Å². The van der Waals surface area contributed by atoms with Gasteiger partial charge >= 0.3 is 0 Å². The van der Waals surface area contributed by atoms with Gasteiger partial charge < -0.3 is 5.32 Å². The van der Waals surface area contributed by atoms with Gasteiger partial charge in [-0.3, -0.25) is 19.5 Å². The average molecular weight is 498 g/mol. The number of thioether (sulfide) groups is 1. The average Bonchev–Trinajstić information content (AvgIpc) is 3.24. The first-order valence-corrected chi connectivity index (χ1v) is 11.3. The molecule has 0 aliphatic rings. The molecule has 1 heterocycles. The Labute approximate surface area is 202 Å². The molecule has 4 aromatic rings. The zero-order valence-corrected chi connectivity index (χ0v) is 19.3. The Hall–Kier alpha value is -3.76. The summed E-state index contributed by atoms with van der Waals surface area (Å²) in [4.78, 5) is 23.3. The molecule has 1 amide bonds. The van der Waals surface area contributed by atoms with Crippen molar-refractivity contribution in [1.29, 1.82) is 0 Å². The maximum absolute atomic E-state index is 13.4. The number of halogens is 2. The lowest BCUT2D eigenvalue weighted by molar-refractivity contribution is -0.384. The van der Waals surface area contributed by atoms with Gasteiger partial charge in [-0.05, 0) is 49.4 Å². The second kappa shape index (κ2) is 10.0. The van der Waals surface area contributed by atoms with Crippen LogP contribution in [0.1, 0.15) is 6.92 Å². The molecule has 0 fully saturated rings. The highest BCUT2D eigenvalue weighted by Crippen LogP contribution is 2.32. The van der Waals surface area contributed by atoms with Gasteiger partial charge in [-0.25, -0.2) is 4.39 Å². The number of benzene rings is 3. The van der Waals surface area contributed by atoms with Crippen molar-refractivity contribution < 1.29 is 14.1 Å². The fourth-order valence-electron chi connectivity index (χ4n) is 3.11. The summed E-state index contributed by atoms with van der Waals surface area (Å²) in [5.74, 6) is -0.296. The molecule has 0 aliphatic heterocycles. The quantitative estimate of drug-likeness (QED) is 0.198. The second-order valence-electron chi connectivity index (χ2n) is 7.15. The normalized spacial score (nSPS) is 11.7. The zero-order chi connectivity index (χ0) is 24.2. The van der Waals surface area contributed by atoms with Crippen molar-refractivity contribution in [1.82, 2.24) is 14.8 Å². The number of aromatic nitrogens is 3. The first-order chi connectivity index (χ1) is 16.3. The Morgan fingerprint density at radius 3 is 2.50 bits per heavy atom. The summed E-state index contributed by atoms with van der Waals surface area (Å²) in [5, 5.41) is 22.2. The van der Waals surface area contributed by atoms with E-state index >= 15 is 0 Å². The third-order valence-corrected chi connectivity index (χ3v) is 6.19. The lowest BCUT2D eigenvalue weighted by atomic mass is 10.2. The van der Waals surface area contributed by atoms with E-state index in [9.17, 15) is 19.3 Å². The molecule has 1 aromatic heterocycles. The van der Waals surface area contributed by atoms with Crippen molar-refractivity contribution in [3.8, 4) is 17.1 Å². The van der Waals surface area contributed by atoms with Crippen LogP contribution < -0.4 is 5.32 Å². The SMILES string of the molecule is CC(Sc1nnc(-c2ccc(F)cc2)n1-c1ccccc1)C(=O)Nc1cc([N+](=O)[O-])ccc1Cl. The van der Waals surface area contributed by atoms with Crippen molar-refractivity contribution in [3.05, 3.63) is 93.8 Å². The summed E-state index contributed by atoms with van der Waals surface area (Å²) in [5.41, 5.74) is 1.38. The highest BCUT2D eigenvalue weighted by molar-refractivity contribution is 8.00. The van der Waals surface area contributed by atoms with E-state index in [1.807, 2.05) is 30.3 Å². The number of hydrogen-bond acceptors (Lipinski definition) is 6. The van der Waals surface area contributed by atoms with Gasteiger partial charge in [0.1, 0.15) is 5.82 Å². The smallest absolute Gasteiger partial charge is 0.271 e. The monoisotopic (exact) mass is 497 g/mol. The topological polar surface area (TPSA) is 103 Å².